The van der Waals surface area contributed by atoms with Gasteiger partial charge in [0.05, 0.1) is 0 Å². The fraction of sp³-hybridized carbons (Fsp3) is 0.609. The highest BCUT2D eigenvalue weighted by molar-refractivity contribution is 5.13. The van der Waals surface area contributed by atoms with Crippen molar-refractivity contribution in [3.63, 3.8) is 0 Å². The Bertz CT molecular complexity index is 577. The lowest BCUT2D eigenvalue weighted by atomic mass is 10.1. The number of aryl methyl sites for hydroxylation is 2. The molecule has 1 heterocycles. The Hall–Kier alpha value is -1.28. The van der Waals surface area contributed by atoms with Crippen molar-refractivity contribution >= 4 is 0 Å². The summed E-state index contributed by atoms with van der Waals surface area (Å²) >= 11 is 0. The highest BCUT2D eigenvalue weighted by Crippen LogP contribution is 2.12. The molecule has 0 saturated heterocycles. The molecule has 0 saturated carbocycles. The van der Waals surface area contributed by atoms with E-state index in [4.69, 9.17) is 0 Å². The van der Waals surface area contributed by atoms with E-state index in [-0.39, 0.29) is 12.4 Å². The molecule has 2 nitrogen and oxygen atoms in total. The van der Waals surface area contributed by atoms with E-state index < -0.39 is 0 Å². The Morgan fingerprint density at radius 3 is 2.00 bits per heavy atom. The molecule has 0 aliphatic heterocycles. The van der Waals surface area contributed by atoms with Gasteiger partial charge >= 0.3 is 0 Å². The van der Waals surface area contributed by atoms with Crippen molar-refractivity contribution in [2.24, 2.45) is 0 Å². The second-order valence-electron chi connectivity index (χ2n) is 7.37. The third kappa shape index (κ3) is 8.40. The number of imidazole rings is 1. The number of H-pyrrole nitrogens is 1. The van der Waals surface area contributed by atoms with E-state index in [1.54, 1.807) is 0 Å². The van der Waals surface area contributed by atoms with Gasteiger partial charge in [0.25, 0.3) is 5.82 Å². The summed E-state index contributed by atoms with van der Waals surface area (Å²) in [5, 5.41) is 0. The highest BCUT2D eigenvalue weighted by Gasteiger charge is 2.14. The largest absolute Gasteiger partial charge is 1.00 e. The molecule has 0 bridgehead atoms. The van der Waals surface area contributed by atoms with Crippen LogP contribution in [0.15, 0.2) is 36.5 Å². The van der Waals surface area contributed by atoms with E-state index in [1.165, 1.54) is 87.7 Å². The molecule has 0 fully saturated rings. The number of hydrogen-bond donors (Lipinski definition) is 1. The Labute approximate surface area is 166 Å². The molecule has 1 N–H and O–H groups in total. The predicted octanol–water partition coefficient (Wildman–Crippen LogP) is 3.13. The molecule has 26 heavy (non-hydrogen) atoms. The van der Waals surface area contributed by atoms with Gasteiger partial charge in [0.15, 0.2) is 0 Å². The van der Waals surface area contributed by atoms with Crippen molar-refractivity contribution in [3.05, 3.63) is 53.6 Å². The summed E-state index contributed by atoms with van der Waals surface area (Å²) in [6, 6.07) is 10.8. The number of halogens is 1. The van der Waals surface area contributed by atoms with Crippen LogP contribution in [0, 0.1) is 6.92 Å². The van der Waals surface area contributed by atoms with Crippen LogP contribution >= 0.6 is 0 Å². The molecule has 3 heteroatoms. The minimum absolute atomic E-state index is 0. The number of rotatable bonds is 13. The van der Waals surface area contributed by atoms with Gasteiger partial charge in [-0.3, -0.25) is 0 Å². The number of aromatic amines is 1. The standard InChI is InChI=1S/C23H36N2.ClH/c1-3-4-5-6-7-8-9-10-11-15-18-23-19-24-21(2)25(23)20-22-16-13-12-14-17-22;/h12-14,16-17,19H,3-11,15,18,20H2,1-2H3;1H. The molecule has 0 aliphatic carbocycles. The van der Waals surface area contributed by atoms with Crippen LogP contribution in [0.5, 0.6) is 0 Å². The lowest BCUT2D eigenvalue weighted by molar-refractivity contribution is -0.700. The Morgan fingerprint density at radius 2 is 1.38 bits per heavy atom. The van der Waals surface area contributed by atoms with Crippen molar-refractivity contribution in [2.75, 3.05) is 0 Å². The molecule has 1 aromatic carbocycles. The number of aromatic nitrogens is 2. The maximum atomic E-state index is 3.41. The Kier molecular flexibility index (Phi) is 12.1. The van der Waals surface area contributed by atoms with Gasteiger partial charge < -0.3 is 12.4 Å². The van der Waals surface area contributed by atoms with E-state index in [1.807, 2.05) is 0 Å². The normalized spacial score (nSPS) is 10.7. The monoisotopic (exact) mass is 376 g/mol. The zero-order chi connectivity index (χ0) is 17.7. The summed E-state index contributed by atoms with van der Waals surface area (Å²) in [5.41, 5.74) is 2.82. The first-order valence-electron chi connectivity index (χ1n) is 10.4. The van der Waals surface area contributed by atoms with Crippen molar-refractivity contribution in [1.82, 2.24) is 4.98 Å². The van der Waals surface area contributed by atoms with Gasteiger partial charge in [-0.1, -0.05) is 95.0 Å². The van der Waals surface area contributed by atoms with Crippen LogP contribution in [0.25, 0.3) is 0 Å². The third-order valence-corrected chi connectivity index (χ3v) is 5.17. The number of hydrogen-bond acceptors (Lipinski definition) is 0. The summed E-state index contributed by atoms with van der Waals surface area (Å²) in [6.07, 6.45) is 17.4. The van der Waals surface area contributed by atoms with Crippen LogP contribution in [0.1, 0.15) is 88.2 Å². The third-order valence-electron chi connectivity index (χ3n) is 5.17. The summed E-state index contributed by atoms with van der Waals surface area (Å²) in [6.45, 7) is 5.43. The van der Waals surface area contributed by atoms with Gasteiger partial charge in [-0.25, -0.2) is 9.55 Å². The molecule has 2 aromatic rings. The van der Waals surface area contributed by atoms with Crippen LogP contribution in [-0.2, 0) is 13.0 Å². The molecule has 1 aromatic heterocycles. The summed E-state index contributed by atoms with van der Waals surface area (Å²) in [5.74, 6) is 1.26. The first-order chi connectivity index (χ1) is 12.3. The predicted molar refractivity (Wildman–Crippen MR) is 107 cm³/mol. The quantitative estimate of drug-likeness (QED) is 0.409. The lowest BCUT2D eigenvalue weighted by Crippen LogP contribution is -3.00. The maximum Gasteiger partial charge on any atom is 0.251 e. The molecule has 2 rings (SSSR count). The molecule has 0 aliphatic rings. The van der Waals surface area contributed by atoms with Crippen LogP contribution in [0.3, 0.4) is 0 Å². The van der Waals surface area contributed by atoms with Gasteiger partial charge in [-0.15, -0.1) is 0 Å². The summed E-state index contributed by atoms with van der Waals surface area (Å²) in [4.78, 5) is 3.41. The SMILES string of the molecule is CCCCCCCCCCCCc1c[nH]c(C)[n+]1Cc1ccccc1.[Cl-]. The zero-order valence-electron chi connectivity index (χ0n) is 16.8. The number of nitrogens with one attached hydrogen (secondary N) is 1. The van der Waals surface area contributed by atoms with Crippen LogP contribution in [-0.4, -0.2) is 4.98 Å². The molecular weight excluding hydrogens is 340 g/mol. The van der Waals surface area contributed by atoms with E-state index in [2.05, 4.69) is 59.9 Å². The van der Waals surface area contributed by atoms with Crippen molar-refractivity contribution in [3.8, 4) is 0 Å². The minimum atomic E-state index is 0. The van der Waals surface area contributed by atoms with Crippen molar-refractivity contribution < 1.29 is 17.0 Å². The van der Waals surface area contributed by atoms with E-state index in [0.29, 0.717) is 0 Å². The lowest BCUT2D eigenvalue weighted by Gasteiger charge is -2.05. The van der Waals surface area contributed by atoms with Gasteiger partial charge in [0.1, 0.15) is 18.4 Å². The first kappa shape index (κ1) is 22.8. The van der Waals surface area contributed by atoms with Gasteiger partial charge in [0, 0.05) is 13.3 Å². The minimum Gasteiger partial charge on any atom is -1.00 e. The average molecular weight is 377 g/mol. The first-order valence-corrected chi connectivity index (χ1v) is 10.4. The smallest absolute Gasteiger partial charge is 0.251 e. The summed E-state index contributed by atoms with van der Waals surface area (Å²) < 4.78 is 2.43. The molecule has 0 amide bonds. The van der Waals surface area contributed by atoms with Gasteiger partial charge in [0.2, 0.25) is 0 Å². The number of unbranched alkanes of at least 4 members (excludes halogenated alkanes) is 9. The molecule has 146 valence electrons. The second kappa shape index (κ2) is 13.9. The number of nitrogens with zero attached hydrogens (tertiary/aromatic N) is 1. The van der Waals surface area contributed by atoms with Gasteiger partial charge in [-0.05, 0) is 12.0 Å². The van der Waals surface area contributed by atoms with Gasteiger partial charge in [-0.2, -0.15) is 0 Å². The second-order valence-corrected chi connectivity index (χ2v) is 7.37. The van der Waals surface area contributed by atoms with Crippen molar-refractivity contribution in [1.29, 1.82) is 0 Å². The fourth-order valence-electron chi connectivity index (χ4n) is 3.55. The molecule has 0 spiro atoms. The molecule has 0 radical (unpaired) electrons. The molecule has 0 atom stereocenters. The Balaban J connectivity index is 0.00000338. The molecule has 0 unspecified atom stereocenters. The van der Waals surface area contributed by atoms with Crippen LogP contribution < -0.4 is 17.0 Å². The Morgan fingerprint density at radius 1 is 0.808 bits per heavy atom. The molecular formula is C23H37ClN2. The van der Waals surface area contributed by atoms with Crippen molar-refractivity contribution in [2.45, 2.75) is 91.0 Å². The summed E-state index contributed by atoms with van der Waals surface area (Å²) in [7, 11) is 0. The van der Waals surface area contributed by atoms with E-state index in [0.717, 1.165) is 6.54 Å². The average Bonchev–Trinajstić information content (AvgIpc) is 2.97. The van der Waals surface area contributed by atoms with E-state index in [9.17, 15) is 0 Å². The van der Waals surface area contributed by atoms with Crippen LogP contribution in [0.2, 0.25) is 0 Å². The maximum absolute atomic E-state index is 3.41. The fourth-order valence-corrected chi connectivity index (χ4v) is 3.55. The van der Waals surface area contributed by atoms with Crippen LogP contribution in [0.4, 0.5) is 0 Å². The zero-order valence-corrected chi connectivity index (χ0v) is 17.5. The van der Waals surface area contributed by atoms with E-state index >= 15 is 0 Å². The highest BCUT2D eigenvalue weighted by atomic mass is 35.5. The topological polar surface area (TPSA) is 19.7 Å². The number of benzene rings is 1.